The fourth-order valence-electron chi connectivity index (χ4n) is 1.69. The van der Waals surface area contributed by atoms with Crippen molar-refractivity contribution in [1.82, 2.24) is 10.2 Å². The molecule has 0 bridgehead atoms. The zero-order valence-electron chi connectivity index (χ0n) is 11.4. The van der Waals surface area contributed by atoms with E-state index in [1.807, 2.05) is 30.1 Å². The Balaban J connectivity index is 2.00. The number of nitrogens with zero attached hydrogens (tertiary/aromatic N) is 3. The number of amides is 1. The van der Waals surface area contributed by atoms with Crippen LogP contribution >= 0.6 is 0 Å². The normalized spacial score (nSPS) is 9.90. The first kappa shape index (κ1) is 13.8. The highest BCUT2D eigenvalue weighted by atomic mass is 16.5. The lowest BCUT2D eigenvalue weighted by atomic mass is 10.2. The van der Waals surface area contributed by atoms with Gasteiger partial charge < -0.3 is 9.64 Å². The van der Waals surface area contributed by atoms with Crippen LogP contribution < -0.4 is 10.2 Å². The SMILES string of the molecule is COC(=O)Nc1ccc(N(C)Cc2ccccc2)nn1. The van der Waals surface area contributed by atoms with Crippen LogP contribution in [-0.2, 0) is 11.3 Å². The van der Waals surface area contributed by atoms with Crippen LogP contribution in [0.2, 0.25) is 0 Å². The van der Waals surface area contributed by atoms with Crippen molar-refractivity contribution in [2.24, 2.45) is 0 Å². The van der Waals surface area contributed by atoms with Crippen molar-refractivity contribution >= 4 is 17.7 Å². The number of hydrogen-bond acceptors (Lipinski definition) is 5. The highest BCUT2D eigenvalue weighted by molar-refractivity contribution is 5.83. The zero-order chi connectivity index (χ0) is 14.4. The molecule has 6 nitrogen and oxygen atoms in total. The third kappa shape index (κ3) is 3.68. The van der Waals surface area contributed by atoms with Gasteiger partial charge in [0.1, 0.15) is 0 Å². The number of ether oxygens (including phenoxy) is 1. The standard InChI is InChI=1S/C14H16N4O2/c1-18(10-11-6-4-3-5-7-11)13-9-8-12(16-17-13)15-14(19)20-2/h3-9H,10H2,1-2H3,(H,15,16,19). The lowest BCUT2D eigenvalue weighted by molar-refractivity contribution is 0.187. The number of rotatable bonds is 4. The van der Waals surface area contributed by atoms with Crippen molar-refractivity contribution in [3.05, 3.63) is 48.0 Å². The molecule has 0 unspecified atom stereocenters. The monoisotopic (exact) mass is 272 g/mol. The lowest BCUT2D eigenvalue weighted by Crippen LogP contribution is -2.19. The van der Waals surface area contributed by atoms with Gasteiger partial charge in [0.15, 0.2) is 11.6 Å². The van der Waals surface area contributed by atoms with Crippen molar-refractivity contribution in [3.8, 4) is 0 Å². The van der Waals surface area contributed by atoms with Crippen LogP contribution in [0.15, 0.2) is 42.5 Å². The third-order valence-corrected chi connectivity index (χ3v) is 2.72. The molecule has 0 spiro atoms. The smallest absolute Gasteiger partial charge is 0.412 e. The van der Waals surface area contributed by atoms with Crippen molar-refractivity contribution in [2.45, 2.75) is 6.54 Å². The van der Waals surface area contributed by atoms with Gasteiger partial charge in [-0.1, -0.05) is 30.3 Å². The molecule has 1 amide bonds. The fraction of sp³-hybridized carbons (Fsp3) is 0.214. The fourth-order valence-corrected chi connectivity index (χ4v) is 1.69. The molecule has 1 heterocycles. The van der Waals surface area contributed by atoms with Crippen LogP contribution in [0.1, 0.15) is 5.56 Å². The first-order valence-corrected chi connectivity index (χ1v) is 6.13. The maximum Gasteiger partial charge on any atom is 0.412 e. The second-order valence-electron chi connectivity index (χ2n) is 4.24. The van der Waals surface area contributed by atoms with E-state index in [9.17, 15) is 4.79 Å². The molecular formula is C14H16N4O2. The number of hydrogen-bond donors (Lipinski definition) is 1. The Hall–Kier alpha value is -2.63. The summed E-state index contributed by atoms with van der Waals surface area (Å²) in [7, 11) is 3.23. The Kier molecular flexibility index (Phi) is 4.49. The minimum atomic E-state index is -0.565. The quantitative estimate of drug-likeness (QED) is 0.925. The van der Waals surface area contributed by atoms with E-state index in [4.69, 9.17) is 0 Å². The highest BCUT2D eigenvalue weighted by Gasteiger charge is 2.06. The summed E-state index contributed by atoms with van der Waals surface area (Å²) in [5.74, 6) is 1.08. The second kappa shape index (κ2) is 6.51. The Morgan fingerprint density at radius 1 is 1.20 bits per heavy atom. The third-order valence-electron chi connectivity index (χ3n) is 2.72. The molecule has 0 aliphatic rings. The maximum absolute atomic E-state index is 11.0. The van der Waals surface area contributed by atoms with Gasteiger partial charge in [0.2, 0.25) is 0 Å². The number of benzene rings is 1. The number of nitrogens with one attached hydrogen (secondary N) is 1. The Morgan fingerprint density at radius 2 is 1.95 bits per heavy atom. The molecule has 0 aliphatic heterocycles. The summed E-state index contributed by atoms with van der Waals surface area (Å²) < 4.78 is 4.48. The van der Waals surface area contributed by atoms with E-state index in [0.717, 1.165) is 12.4 Å². The molecule has 104 valence electrons. The number of carbonyl (C=O) groups is 1. The zero-order valence-corrected chi connectivity index (χ0v) is 11.4. The average Bonchev–Trinajstić information content (AvgIpc) is 2.49. The largest absolute Gasteiger partial charge is 0.453 e. The van der Waals surface area contributed by atoms with Crippen molar-refractivity contribution in [3.63, 3.8) is 0 Å². The Bertz CT molecular complexity index is 557. The maximum atomic E-state index is 11.0. The molecule has 2 rings (SSSR count). The summed E-state index contributed by atoms with van der Waals surface area (Å²) >= 11 is 0. The van der Waals surface area contributed by atoms with E-state index >= 15 is 0 Å². The van der Waals surface area contributed by atoms with E-state index in [2.05, 4.69) is 32.4 Å². The molecular weight excluding hydrogens is 256 g/mol. The summed E-state index contributed by atoms with van der Waals surface area (Å²) in [6, 6.07) is 13.6. The summed E-state index contributed by atoms with van der Waals surface area (Å²) in [6.07, 6.45) is -0.565. The van der Waals surface area contributed by atoms with Gasteiger partial charge in [-0.2, -0.15) is 0 Å². The summed E-state index contributed by atoms with van der Waals surface area (Å²) in [4.78, 5) is 13.0. The summed E-state index contributed by atoms with van der Waals surface area (Å²) in [6.45, 7) is 0.735. The van der Waals surface area contributed by atoms with Crippen molar-refractivity contribution < 1.29 is 9.53 Å². The van der Waals surface area contributed by atoms with Gasteiger partial charge in [-0.25, -0.2) is 4.79 Å². The lowest BCUT2D eigenvalue weighted by Gasteiger charge is -2.17. The van der Waals surface area contributed by atoms with Crippen LogP contribution in [0.3, 0.4) is 0 Å². The molecule has 0 aliphatic carbocycles. The number of anilines is 2. The van der Waals surface area contributed by atoms with E-state index < -0.39 is 6.09 Å². The van der Waals surface area contributed by atoms with E-state index in [1.165, 1.54) is 12.7 Å². The molecule has 1 N–H and O–H groups in total. The van der Waals surface area contributed by atoms with Gasteiger partial charge in [-0.3, -0.25) is 5.32 Å². The molecule has 1 aromatic heterocycles. The van der Waals surface area contributed by atoms with Crippen LogP contribution in [0, 0.1) is 0 Å². The summed E-state index contributed by atoms with van der Waals surface area (Å²) in [5, 5.41) is 10.4. The van der Waals surface area contributed by atoms with Crippen LogP contribution in [0.25, 0.3) is 0 Å². The first-order chi connectivity index (χ1) is 9.69. The molecule has 0 atom stereocenters. The van der Waals surface area contributed by atoms with Crippen LogP contribution in [-0.4, -0.2) is 30.4 Å². The van der Waals surface area contributed by atoms with Crippen LogP contribution in [0.5, 0.6) is 0 Å². The molecule has 0 radical (unpaired) electrons. The van der Waals surface area contributed by atoms with Gasteiger partial charge in [-0.15, -0.1) is 10.2 Å². The Labute approximate surface area is 117 Å². The van der Waals surface area contributed by atoms with Gasteiger partial charge in [-0.05, 0) is 17.7 Å². The Morgan fingerprint density at radius 3 is 2.55 bits per heavy atom. The molecule has 0 saturated carbocycles. The number of carbonyl (C=O) groups excluding carboxylic acids is 1. The number of aromatic nitrogens is 2. The van der Waals surface area contributed by atoms with E-state index in [-0.39, 0.29) is 0 Å². The van der Waals surface area contributed by atoms with E-state index in [1.54, 1.807) is 12.1 Å². The molecule has 1 aromatic carbocycles. The minimum Gasteiger partial charge on any atom is -0.453 e. The minimum absolute atomic E-state index is 0.355. The van der Waals surface area contributed by atoms with Gasteiger partial charge in [0.25, 0.3) is 0 Å². The first-order valence-electron chi connectivity index (χ1n) is 6.13. The predicted molar refractivity (Wildman–Crippen MR) is 76.6 cm³/mol. The van der Waals surface area contributed by atoms with Gasteiger partial charge >= 0.3 is 6.09 Å². The topological polar surface area (TPSA) is 67.3 Å². The molecule has 20 heavy (non-hydrogen) atoms. The molecule has 6 heteroatoms. The predicted octanol–water partition coefficient (Wildman–Crippen LogP) is 2.29. The average molecular weight is 272 g/mol. The van der Waals surface area contributed by atoms with E-state index in [0.29, 0.717) is 5.82 Å². The van der Waals surface area contributed by atoms with Crippen molar-refractivity contribution in [1.29, 1.82) is 0 Å². The number of methoxy groups -OCH3 is 1. The highest BCUT2D eigenvalue weighted by Crippen LogP contribution is 2.13. The van der Waals surface area contributed by atoms with Gasteiger partial charge in [0.05, 0.1) is 7.11 Å². The van der Waals surface area contributed by atoms with Crippen molar-refractivity contribution in [2.75, 3.05) is 24.4 Å². The summed E-state index contributed by atoms with van der Waals surface area (Å²) in [5.41, 5.74) is 1.19. The molecule has 0 fully saturated rings. The van der Waals surface area contributed by atoms with Crippen LogP contribution in [0.4, 0.5) is 16.4 Å². The molecule has 0 saturated heterocycles. The molecule has 2 aromatic rings. The second-order valence-corrected chi connectivity index (χ2v) is 4.24. The van der Waals surface area contributed by atoms with Gasteiger partial charge in [0, 0.05) is 13.6 Å².